The molecule has 4 heterocycles. The molecule has 0 bridgehead atoms. The number of pyridine rings is 2. The van der Waals surface area contributed by atoms with Gasteiger partial charge >= 0.3 is 0 Å². The predicted molar refractivity (Wildman–Crippen MR) is 141 cm³/mol. The maximum absolute atomic E-state index is 16.0. The van der Waals surface area contributed by atoms with Gasteiger partial charge in [0.2, 0.25) is 5.91 Å². The van der Waals surface area contributed by atoms with Crippen LogP contribution in [-0.2, 0) is 4.79 Å². The molecule has 0 atom stereocenters. The largest absolute Gasteiger partial charge is 0.336 e. The van der Waals surface area contributed by atoms with Gasteiger partial charge in [0.1, 0.15) is 22.8 Å². The molecule has 188 valence electrons. The molecule has 6 aromatic rings. The molecule has 0 saturated heterocycles. The second kappa shape index (κ2) is 9.15. The first-order chi connectivity index (χ1) is 18.4. The highest BCUT2D eigenvalue weighted by molar-refractivity contribution is 5.98. The third kappa shape index (κ3) is 4.05. The lowest BCUT2D eigenvalue weighted by atomic mass is 10.0. The van der Waals surface area contributed by atoms with E-state index in [4.69, 9.17) is 0 Å². The molecule has 1 amide bonds. The fraction of sp³-hybridized carbons (Fsp3) is 0.107. The third-order valence-corrected chi connectivity index (χ3v) is 6.23. The van der Waals surface area contributed by atoms with Crippen molar-refractivity contribution in [1.29, 1.82) is 0 Å². The lowest BCUT2D eigenvalue weighted by Crippen LogP contribution is -2.17. The van der Waals surface area contributed by atoms with Crippen LogP contribution in [0.15, 0.2) is 67.1 Å². The molecule has 4 aromatic heterocycles. The number of aromatic amines is 2. The zero-order valence-electron chi connectivity index (χ0n) is 20.4. The molecule has 0 unspecified atom stereocenters. The molecular weight excluding hydrogens is 488 g/mol. The highest BCUT2D eigenvalue weighted by Crippen LogP contribution is 2.35. The van der Waals surface area contributed by atoms with E-state index in [2.05, 4.69) is 35.5 Å². The molecule has 0 saturated carbocycles. The van der Waals surface area contributed by atoms with E-state index in [1.165, 1.54) is 24.5 Å². The number of nitrogens with zero attached hydrogens (tertiary/aromatic N) is 4. The smallest absolute Gasteiger partial charge is 0.226 e. The summed E-state index contributed by atoms with van der Waals surface area (Å²) in [5.41, 5.74) is 4.29. The number of nitrogens with one attached hydrogen (secondary N) is 3. The summed E-state index contributed by atoms with van der Waals surface area (Å²) in [5.74, 6) is -0.921. The molecule has 10 heteroatoms. The number of fused-ring (bicyclic) bond motifs is 2. The minimum Gasteiger partial charge on any atom is -0.336 e. The van der Waals surface area contributed by atoms with Gasteiger partial charge in [-0.15, -0.1) is 0 Å². The van der Waals surface area contributed by atoms with Crippen LogP contribution in [0.4, 0.5) is 14.5 Å². The van der Waals surface area contributed by atoms with Crippen molar-refractivity contribution < 1.29 is 13.6 Å². The Bertz CT molecular complexity index is 1840. The van der Waals surface area contributed by atoms with Crippen LogP contribution in [0, 0.1) is 17.6 Å². The summed E-state index contributed by atoms with van der Waals surface area (Å²) in [5, 5.41) is 10.2. The van der Waals surface area contributed by atoms with Gasteiger partial charge in [-0.05, 0) is 36.4 Å². The number of aromatic nitrogens is 6. The number of carbonyl (C=O) groups excluding carboxylic acids is 1. The zero-order chi connectivity index (χ0) is 26.4. The molecule has 2 aromatic carbocycles. The summed E-state index contributed by atoms with van der Waals surface area (Å²) in [6.07, 6.45) is 4.65. The highest BCUT2D eigenvalue weighted by Gasteiger charge is 2.21. The highest BCUT2D eigenvalue weighted by atomic mass is 19.1. The van der Waals surface area contributed by atoms with Crippen LogP contribution in [0.1, 0.15) is 13.8 Å². The van der Waals surface area contributed by atoms with Gasteiger partial charge in [-0.25, -0.2) is 13.8 Å². The van der Waals surface area contributed by atoms with Crippen LogP contribution in [-0.4, -0.2) is 36.0 Å². The Labute approximate surface area is 215 Å². The summed E-state index contributed by atoms with van der Waals surface area (Å²) in [6, 6.07) is 12.9. The Balaban J connectivity index is 1.45. The Morgan fingerprint density at radius 3 is 2.66 bits per heavy atom. The first-order valence-electron chi connectivity index (χ1n) is 11.9. The third-order valence-electron chi connectivity index (χ3n) is 6.23. The van der Waals surface area contributed by atoms with E-state index in [9.17, 15) is 9.18 Å². The lowest BCUT2D eigenvalue weighted by molar-refractivity contribution is -0.118. The van der Waals surface area contributed by atoms with Gasteiger partial charge in [0.15, 0.2) is 5.82 Å². The van der Waals surface area contributed by atoms with Crippen molar-refractivity contribution in [2.75, 3.05) is 5.32 Å². The summed E-state index contributed by atoms with van der Waals surface area (Å²) in [4.78, 5) is 28.5. The van der Waals surface area contributed by atoms with Crippen molar-refractivity contribution in [3.63, 3.8) is 0 Å². The monoisotopic (exact) mass is 509 g/mol. The minimum atomic E-state index is -0.510. The van der Waals surface area contributed by atoms with Crippen LogP contribution in [0.25, 0.3) is 55.8 Å². The zero-order valence-corrected chi connectivity index (χ0v) is 20.4. The molecule has 0 fully saturated rings. The van der Waals surface area contributed by atoms with Gasteiger partial charge < -0.3 is 10.3 Å². The predicted octanol–water partition coefficient (Wildman–Crippen LogP) is 6.10. The van der Waals surface area contributed by atoms with E-state index in [0.717, 1.165) is 0 Å². The second-order valence-electron chi connectivity index (χ2n) is 9.18. The van der Waals surface area contributed by atoms with Gasteiger partial charge in [-0.1, -0.05) is 26.0 Å². The summed E-state index contributed by atoms with van der Waals surface area (Å²) in [7, 11) is 0. The Kier molecular flexibility index (Phi) is 5.64. The molecule has 0 radical (unpaired) electrons. The van der Waals surface area contributed by atoms with Crippen molar-refractivity contribution >= 4 is 33.5 Å². The van der Waals surface area contributed by atoms with Crippen LogP contribution in [0.3, 0.4) is 0 Å². The average molecular weight is 510 g/mol. The van der Waals surface area contributed by atoms with Crippen LogP contribution >= 0.6 is 0 Å². The van der Waals surface area contributed by atoms with Gasteiger partial charge in [0, 0.05) is 35.0 Å². The molecule has 0 spiro atoms. The van der Waals surface area contributed by atoms with E-state index in [1.807, 2.05) is 0 Å². The summed E-state index contributed by atoms with van der Waals surface area (Å²) in [6.45, 7) is 3.58. The first-order valence-corrected chi connectivity index (χ1v) is 11.9. The molecule has 0 aliphatic heterocycles. The number of benzene rings is 2. The molecule has 0 aliphatic carbocycles. The normalized spacial score (nSPS) is 11.5. The molecule has 8 nitrogen and oxygen atoms in total. The van der Waals surface area contributed by atoms with Crippen molar-refractivity contribution in [1.82, 2.24) is 30.1 Å². The fourth-order valence-corrected chi connectivity index (χ4v) is 4.30. The number of rotatable bonds is 5. The quantitative estimate of drug-likeness (QED) is 0.260. The number of imidazole rings is 1. The number of amides is 1. The van der Waals surface area contributed by atoms with Gasteiger partial charge in [-0.2, -0.15) is 5.10 Å². The SMILES string of the molecule is CC(C)C(=O)Nc1cncc(-c2ccc3[nH]nc(-c4nc5c(-c6cccc(F)c6)nccc5[nH]4)c3c2F)c1. The number of carbonyl (C=O) groups is 1. The van der Waals surface area contributed by atoms with Crippen LogP contribution in [0.5, 0.6) is 0 Å². The first kappa shape index (κ1) is 23.4. The fourth-order valence-electron chi connectivity index (χ4n) is 4.30. The van der Waals surface area contributed by atoms with Crippen LogP contribution < -0.4 is 5.32 Å². The molecular formula is C28H21F2N7O. The van der Waals surface area contributed by atoms with Gasteiger partial charge in [0.05, 0.1) is 34.0 Å². The lowest BCUT2D eigenvalue weighted by Gasteiger charge is -2.10. The van der Waals surface area contributed by atoms with E-state index in [0.29, 0.717) is 50.4 Å². The van der Waals surface area contributed by atoms with E-state index in [-0.39, 0.29) is 28.7 Å². The van der Waals surface area contributed by atoms with Gasteiger partial charge in [0.25, 0.3) is 0 Å². The Morgan fingerprint density at radius 1 is 0.974 bits per heavy atom. The molecule has 6 rings (SSSR count). The summed E-state index contributed by atoms with van der Waals surface area (Å²) >= 11 is 0. The number of H-pyrrole nitrogens is 2. The van der Waals surface area contributed by atoms with Crippen molar-refractivity contribution in [3.8, 4) is 33.9 Å². The van der Waals surface area contributed by atoms with Crippen molar-refractivity contribution in [2.45, 2.75) is 13.8 Å². The number of anilines is 1. The minimum absolute atomic E-state index is 0.158. The number of hydrogen-bond donors (Lipinski definition) is 3. The summed E-state index contributed by atoms with van der Waals surface area (Å²) < 4.78 is 29.9. The Morgan fingerprint density at radius 2 is 1.84 bits per heavy atom. The average Bonchev–Trinajstić information content (AvgIpc) is 3.53. The molecule has 38 heavy (non-hydrogen) atoms. The molecule has 0 aliphatic rings. The topological polar surface area (TPSA) is 112 Å². The number of hydrogen-bond acceptors (Lipinski definition) is 5. The Hall–Kier alpha value is -4.99. The van der Waals surface area contributed by atoms with Crippen molar-refractivity contribution in [2.24, 2.45) is 5.92 Å². The van der Waals surface area contributed by atoms with E-state index in [1.54, 1.807) is 56.4 Å². The molecule has 3 N–H and O–H groups in total. The maximum Gasteiger partial charge on any atom is 0.226 e. The second-order valence-corrected chi connectivity index (χ2v) is 9.18. The van der Waals surface area contributed by atoms with Crippen molar-refractivity contribution in [3.05, 3.63) is 78.8 Å². The maximum atomic E-state index is 16.0. The number of halogens is 2. The van der Waals surface area contributed by atoms with E-state index < -0.39 is 5.82 Å². The standard InChI is InChI=1S/C28H21F2N7O/c1-14(2)28(38)33-18-11-16(12-31-13-18)19-6-7-20-22(23(19)30)26(37-36-20)27-34-21-8-9-32-24(25(21)35-27)15-4-3-5-17(29)10-15/h3-14H,1-2H3,(H,33,38)(H,34,35)(H,36,37). The van der Waals surface area contributed by atoms with E-state index >= 15 is 4.39 Å². The van der Waals surface area contributed by atoms with Crippen LogP contribution in [0.2, 0.25) is 0 Å². The van der Waals surface area contributed by atoms with Gasteiger partial charge in [-0.3, -0.25) is 19.9 Å².